The summed E-state index contributed by atoms with van der Waals surface area (Å²) < 4.78 is 0. The van der Waals surface area contributed by atoms with E-state index in [0.717, 1.165) is 37.7 Å². The van der Waals surface area contributed by atoms with Crippen LogP contribution < -0.4 is 10.6 Å². The Balaban J connectivity index is 1.87. The van der Waals surface area contributed by atoms with Gasteiger partial charge in [-0.2, -0.15) is 0 Å². The van der Waals surface area contributed by atoms with E-state index in [1.54, 1.807) is 11.3 Å². The van der Waals surface area contributed by atoms with E-state index in [0.29, 0.717) is 0 Å². The lowest BCUT2D eigenvalue weighted by Crippen LogP contribution is -2.54. The zero-order chi connectivity index (χ0) is 13.8. The lowest BCUT2D eigenvalue weighted by atomic mass is 9.98. The quantitative estimate of drug-likeness (QED) is 0.900. The Morgan fingerprint density at radius 2 is 2.16 bits per heavy atom. The summed E-state index contributed by atoms with van der Waals surface area (Å²) in [4.78, 5) is 20.7. The number of nitrogens with two attached hydrogens (primary N) is 1. The van der Waals surface area contributed by atoms with E-state index in [-0.39, 0.29) is 17.9 Å². The molecule has 2 rings (SSSR count). The highest BCUT2D eigenvalue weighted by Gasteiger charge is 2.28. The Morgan fingerprint density at radius 1 is 1.47 bits per heavy atom. The van der Waals surface area contributed by atoms with Crippen LogP contribution in [0.4, 0.5) is 5.13 Å². The van der Waals surface area contributed by atoms with Gasteiger partial charge in [0.15, 0.2) is 5.13 Å². The molecule has 1 aromatic rings. The van der Waals surface area contributed by atoms with Crippen molar-refractivity contribution in [2.45, 2.75) is 26.3 Å². The van der Waals surface area contributed by atoms with Crippen LogP contribution in [0.25, 0.3) is 0 Å². The Hall–Kier alpha value is -1.14. The highest BCUT2D eigenvalue weighted by molar-refractivity contribution is 7.13. The third-order valence-corrected chi connectivity index (χ3v) is 4.66. The van der Waals surface area contributed by atoms with Gasteiger partial charge in [0.25, 0.3) is 0 Å². The van der Waals surface area contributed by atoms with Crippen LogP contribution in [0.2, 0.25) is 0 Å². The molecule has 0 unspecified atom stereocenters. The maximum absolute atomic E-state index is 12.3. The van der Waals surface area contributed by atoms with Crippen molar-refractivity contribution in [3.8, 4) is 0 Å². The van der Waals surface area contributed by atoms with Crippen LogP contribution in [-0.2, 0) is 4.79 Å². The average molecular weight is 282 g/mol. The molecular weight excluding hydrogens is 260 g/mol. The van der Waals surface area contributed by atoms with Gasteiger partial charge in [-0.15, -0.1) is 11.3 Å². The molecule has 1 aliphatic heterocycles. The highest BCUT2D eigenvalue weighted by atomic mass is 32.1. The first-order valence-electron chi connectivity index (χ1n) is 6.82. The molecule has 2 heterocycles. The second-order valence-electron chi connectivity index (χ2n) is 5.04. The Morgan fingerprint density at radius 3 is 2.68 bits per heavy atom. The SMILES string of the molecule is CC[C@H](C)[C@H](N)C(=O)N1CCN(c2nccs2)CC1. The fraction of sp³-hybridized carbons (Fsp3) is 0.692. The number of piperazine rings is 1. The first-order chi connectivity index (χ1) is 9.13. The second kappa shape index (κ2) is 6.34. The molecule has 6 heteroatoms. The highest BCUT2D eigenvalue weighted by Crippen LogP contribution is 2.19. The van der Waals surface area contributed by atoms with Gasteiger partial charge in [-0.05, 0) is 5.92 Å². The van der Waals surface area contributed by atoms with E-state index < -0.39 is 0 Å². The van der Waals surface area contributed by atoms with E-state index in [1.807, 2.05) is 23.4 Å². The molecule has 0 aliphatic carbocycles. The summed E-state index contributed by atoms with van der Waals surface area (Å²) >= 11 is 1.64. The molecule has 19 heavy (non-hydrogen) atoms. The van der Waals surface area contributed by atoms with Gasteiger partial charge in [0, 0.05) is 37.8 Å². The number of aromatic nitrogens is 1. The van der Waals surface area contributed by atoms with Gasteiger partial charge in [-0.1, -0.05) is 20.3 Å². The molecule has 2 atom stereocenters. The van der Waals surface area contributed by atoms with E-state index in [1.165, 1.54) is 0 Å². The molecule has 0 aromatic carbocycles. The zero-order valence-corrected chi connectivity index (χ0v) is 12.4. The molecule has 0 radical (unpaired) electrons. The Bertz CT molecular complexity index is 401. The molecule has 2 N–H and O–H groups in total. The van der Waals surface area contributed by atoms with E-state index in [9.17, 15) is 4.79 Å². The van der Waals surface area contributed by atoms with Crippen molar-refractivity contribution in [1.82, 2.24) is 9.88 Å². The second-order valence-corrected chi connectivity index (χ2v) is 5.91. The minimum atomic E-state index is -0.364. The first-order valence-corrected chi connectivity index (χ1v) is 7.70. The Labute approximate surface area is 118 Å². The fourth-order valence-electron chi connectivity index (χ4n) is 2.20. The normalized spacial score (nSPS) is 19.3. The van der Waals surface area contributed by atoms with E-state index in [2.05, 4.69) is 16.8 Å². The molecule has 1 fully saturated rings. The summed E-state index contributed by atoms with van der Waals surface area (Å²) in [6.45, 7) is 7.26. The predicted molar refractivity (Wildman–Crippen MR) is 78.3 cm³/mol. The molecule has 5 nitrogen and oxygen atoms in total. The fourth-order valence-corrected chi connectivity index (χ4v) is 2.90. The monoisotopic (exact) mass is 282 g/mol. The molecule has 1 amide bonds. The summed E-state index contributed by atoms with van der Waals surface area (Å²) in [6, 6.07) is -0.364. The van der Waals surface area contributed by atoms with Crippen LogP contribution in [0.15, 0.2) is 11.6 Å². The van der Waals surface area contributed by atoms with Gasteiger partial charge in [-0.25, -0.2) is 4.98 Å². The van der Waals surface area contributed by atoms with Crippen molar-refractivity contribution in [3.63, 3.8) is 0 Å². The number of carbonyl (C=O) groups excluding carboxylic acids is 1. The van der Waals surface area contributed by atoms with Crippen LogP contribution in [0, 0.1) is 5.92 Å². The van der Waals surface area contributed by atoms with Crippen LogP contribution >= 0.6 is 11.3 Å². The third-order valence-electron chi connectivity index (χ3n) is 3.82. The molecule has 1 aliphatic rings. The van der Waals surface area contributed by atoms with Crippen LogP contribution in [0.3, 0.4) is 0 Å². The number of nitrogens with zero attached hydrogens (tertiary/aromatic N) is 3. The van der Waals surface area contributed by atoms with Crippen LogP contribution in [0.5, 0.6) is 0 Å². The Kier molecular flexibility index (Phi) is 4.76. The summed E-state index contributed by atoms with van der Waals surface area (Å²) in [7, 11) is 0. The van der Waals surface area contributed by atoms with Crippen LogP contribution in [0.1, 0.15) is 20.3 Å². The van der Waals surface area contributed by atoms with Crippen molar-refractivity contribution in [1.29, 1.82) is 0 Å². The molecule has 1 saturated heterocycles. The van der Waals surface area contributed by atoms with Gasteiger partial charge in [0.05, 0.1) is 6.04 Å². The molecule has 106 valence electrons. The number of rotatable bonds is 4. The topological polar surface area (TPSA) is 62.5 Å². The third kappa shape index (κ3) is 3.25. The standard InChI is InChI=1S/C13H22N4OS/c1-3-10(2)11(14)12(18)16-5-7-17(8-6-16)13-15-4-9-19-13/h4,9-11H,3,5-8,14H2,1-2H3/t10-,11-/m0/s1. The summed E-state index contributed by atoms with van der Waals surface area (Å²) in [5, 5.41) is 3.02. The minimum Gasteiger partial charge on any atom is -0.345 e. The van der Waals surface area contributed by atoms with E-state index in [4.69, 9.17) is 5.73 Å². The largest absolute Gasteiger partial charge is 0.345 e. The molecular formula is C13H22N4OS. The molecule has 0 spiro atoms. The van der Waals surface area contributed by atoms with Gasteiger partial charge in [-0.3, -0.25) is 4.79 Å². The summed E-state index contributed by atoms with van der Waals surface area (Å²) in [6.07, 6.45) is 2.75. The number of thiazole rings is 1. The first kappa shape index (κ1) is 14.3. The van der Waals surface area contributed by atoms with Gasteiger partial charge >= 0.3 is 0 Å². The van der Waals surface area contributed by atoms with Crippen molar-refractivity contribution in [2.24, 2.45) is 11.7 Å². The minimum absolute atomic E-state index is 0.0909. The van der Waals surface area contributed by atoms with Crippen molar-refractivity contribution >= 4 is 22.4 Å². The van der Waals surface area contributed by atoms with Crippen LogP contribution in [-0.4, -0.2) is 48.0 Å². The van der Waals surface area contributed by atoms with Crippen molar-refractivity contribution in [3.05, 3.63) is 11.6 Å². The molecule has 1 aromatic heterocycles. The average Bonchev–Trinajstić information content (AvgIpc) is 2.99. The number of hydrogen-bond donors (Lipinski definition) is 1. The van der Waals surface area contributed by atoms with Crippen molar-refractivity contribution in [2.75, 3.05) is 31.1 Å². The number of anilines is 1. The molecule has 0 bridgehead atoms. The smallest absolute Gasteiger partial charge is 0.239 e. The van der Waals surface area contributed by atoms with Gasteiger partial charge in [0.2, 0.25) is 5.91 Å². The predicted octanol–water partition coefficient (Wildman–Crippen LogP) is 1.17. The number of carbonyl (C=O) groups is 1. The molecule has 0 saturated carbocycles. The maximum Gasteiger partial charge on any atom is 0.239 e. The lowest BCUT2D eigenvalue weighted by Gasteiger charge is -2.36. The van der Waals surface area contributed by atoms with Gasteiger partial charge < -0.3 is 15.5 Å². The lowest BCUT2D eigenvalue weighted by molar-refractivity contribution is -0.134. The zero-order valence-electron chi connectivity index (χ0n) is 11.6. The maximum atomic E-state index is 12.3. The van der Waals surface area contributed by atoms with E-state index >= 15 is 0 Å². The summed E-state index contributed by atoms with van der Waals surface area (Å²) in [5.74, 6) is 0.331. The summed E-state index contributed by atoms with van der Waals surface area (Å²) in [5.41, 5.74) is 6.02. The van der Waals surface area contributed by atoms with Gasteiger partial charge in [0.1, 0.15) is 0 Å². The number of amides is 1. The number of hydrogen-bond acceptors (Lipinski definition) is 5. The van der Waals surface area contributed by atoms with Crippen molar-refractivity contribution < 1.29 is 4.79 Å².